The van der Waals surface area contributed by atoms with Gasteiger partial charge in [0, 0.05) is 0 Å². The zero-order valence-electron chi connectivity index (χ0n) is 16.2. The van der Waals surface area contributed by atoms with Crippen molar-refractivity contribution in [2.24, 2.45) is 17.8 Å². The second kappa shape index (κ2) is 14.2. The van der Waals surface area contributed by atoms with Crippen molar-refractivity contribution in [2.75, 3.05) is 0 Å². The molecule has 3 atom stereocenters. The van der Waals surface area contributed by atoms with Gasteiger partial charge in [-0.1, -0.05) is 92.2 Å². The summed E-state index contributed by atoms with van der Waals surface area (Å²) < 4.78 is 0. The Hall–Kier alpha value is -0.780. The Kier molecular flexibility index (Phi) is 15.2. The number of allylic oxidation sites excluding steroid dienone is 6. The van der Waals surface area contributed by atoms with Gasteiger partial charge in [0.1, 0.15) is 0 Å². The van der Waals surface area contributed by atoms with Crippen molar-refractivity contribution < 1.29 is 0 Å². The van der Waals surface area contributed by atoms with Crippen LogP contribution < -0.4 is 0 Å². The lowest BCUT2D eigenvalue weighted by molar-refractivity contribution is 0.402. The van der Waals surface area contributed by atoms with Crippen LogP contribution in [0.5, 0.6) is 0 Å². The SMILES string of the molecule is CC.CC.CC.CC1C=CC(CC2=C[C@@H](C)C(C)CC2)=C1. The van der Waals surface area contributed by atoms with Crippen LogP contribution in [-0.2, 0) is 0 Å². The fourth-order valence-electron chi connectivity index (χ4n) is 2.55. The van der Waals surface area contributed by atoms with Crippen LogP contribution in [0.15, 0.2) is 35.5 Å². The van der Waals surface area contributed by atoms with Crippen LogP contribution in [-0.4, -0.2) is 0 Å². The predicted octanol–water partition coefficient (Wildman–Crippen LogP) is 7.58. The fourth-order valence-corrected chi connectivity index (χ4v) is 2.55. The maximum atomic E-state index is 2.51. The monoisotopic (exact) mass is 292 g/mol. The first-order valence-electron chi connectivity index (χ1n) is 9.23. The van der Waals surface area contributed by atoms with E-state index in [1.54, 1.807) is 5.57 Å². The summed E-state index contributed by atoms with van der Waals surface area (Å²) in [6.45, 7) is 19.0. The zero-order chi connectivity index (χ0) is 16.8. The van der Waals surface area contributed by atoms with Gasteiger partial charge in [-0.3, -0.25) is 0 Å². The Bertz CT molecular complexity index is 317. The van der Waals surface area contributed by atoms with E-state index in [1.807, 2.05) is 41.5 Å². The molecule has 21 heavy (non-hydrogen) atoms. The summed E-state index contributed by atoms with van der Waals surface area (Å²) in [7, 11) is 0. The minimum Gasteiger partial charge on any atom is -0.0819 e. The highest BCUT2D eigenvalue weighted by Gasteiger charge is 2.17. The Morgan fingerprint density at radius 3 is 1.90 bits per heavy atom. The van der Waals surface area contributed by atoms with E-state index in [0.717, 1.165) is 11.8 Å². The molecule has 2 rings (SSSR count). The van der Waals surface area contributed by atoms with E-state index >= 15 is 0 Å². The second-order valence-electron chi connectivity index (χ2n) is 5.34. The van der Waals surface area contributed by atoms with Crippen molar-refractivity contribution in [2.45, 2.75) is 81.6 Å². The van der Waals surface area contributed by atoms with Crippen LogP contribution in [0.4, 0.5) is 0 Å². The molecule has 0 saturated heterocycles. The lowest BCUT2D eigenvalue weighted by atomic mass is 9.81. The molecule has 0 fully saturated rings. The molecule has 2 aliphatic rings. The highest BCUT2D eigenvalue weighted by Crippen LogP contribution is 2.32. The summed E-state index contributed by atoms with van der Waals surface area (Å²) in [5, 5.41) is 0. The summed E-state index contributed by atoms with van der Waals surface area (Å²) in [5.41, 5.74) is 3.18. The van der Waals surface area contributed by atoms with Crippen LogP contribution >= 0.6 is 0 Å². The fraction of sp³-hybridized carbons (Fsp3) is 0.714. The first-order valence-corrected chi connectivity index (χ1v) is 9.23. The molecule has 0 nitrogen and oxygen atoms in total. The quantitative estimate of drug-likeness (QED) is 0.460. The molecule has 0 bridgehead atoms. The molecule has 124 valence electrons. The van der Waals surface area contributed by atoms with E-state index in [-0.39, 0.29) is 0 Å². The largest absolute Gasteiger partial charge is 0.0819 e. The van der Waals surface area contributed by atoms with Crippen LogP contribution in [0.25, 0.3) is 0 Å². The molecular formula is C21H40. The van der Waals surface area contributed by atoms with E-state index < -0.39 is 0 Å². The maximum Gasteiger partial charge on any atom is -0.00701 e. The summed E-state index contributed by atoms with van der Waals surface area (Å²) in [5.74, 6) is 2.30. The highest BCUT2D eigenvalue weighted by atomic mass is 14.2. The van der Waals surface area contributed by atoms with E-state index in [4.69, 9.17) is 0 Å². The van der Waals surface area contributed by atoms with Gasteiger partial charge in [0.25, 0.3) is 0 Å². The molecule has 0 N–H and O–H groups in total. The normalized spacial score (nSPS) is 26.0. The van der Waals surface area contributed by atoms with Gasteiger partial charge in [-0.25, -0.2) is 0 Å². The first-order chi connectivity index (χ1) is 10.1. The summed E-state index contributed by atoms with van der Waals surface area (Å²) >= 11 is 0. The van der Waals surface area contributed by atoms with Gasteiger partial charge >= 0.3 is 0 Å². The smallest absolute Gasteiger partial charge is 0.00701 e. The number of rotatable bonds is 2. The van der Waals surface area contributed by atoms with E-state index in [1.165, 1.54) is 24.8 Å². The van der Waals surface area contributed by atoms with Gasteiger partial charge in [-0.05, 0) is 42.6 Å². The average molecular weight is 293 g/mol. The van der Waals surface area contributed by atoms with Crippen molar-refractivity contribution in [3.05, 3.63) is 35.5 Å². The molecule has 0 heteroatoms. The highest BCUT2D eigenvalue weighted by molar-refractivity contribution is 5.33. The molecule has 0 aromatic rings. The molecule has 0 heterocycles. The summed E-state index contributed by atoms with van der Waals surface area (Å²) in [4.78, 5) is 0. The Morgan fingerprint density at radius 2 is 1.48 bits per heavy atom. The minimum absolute atomic E-state index is 0.653. The second-order valence-corrected chi connectivity index (χ2v) is 5.34. The van der Waals surface area contributed by atoms with Crippen LogP contribution in [0.1, 0.15) is 81.6 Å². The topological polar surface area (TPSA) is 0 Å². The average Bonchev–Trinajstić information content (AvgIpc) is 2.94. The molecule has 0 aromatic heterocycles. The molecule has 2 aliphatic carbocycles. The minimum atomic E-state index is 0.653. The van der Waals surface area contributed by atoms with Crippen molar-refractivity contribution in [1.29, 1.82) is 0 Å². The van der Waals surface area contributed by atoms with Gasteiger partial charge < -0.3 is 0 Å². The van der Waals surface area contributed by atoms with Crippen LogP contribution in [0, 0.1) is 17.8 Å². The Labute approximate surface area is 135 Å². The van der Waals surface area contributed by atoms with E-state index in [2.05, 4.69) is 45.1 Å². The van der Waals surface area contributed by atoms with E-state index in [9.17, 15) is 0 Å². The molecule has 0 aliphatic heterocycles. The van der Waals surface area contributed by atoms with Gasteiger partial charge in [0.15, 0.2) is 0 Å². The molecule has 0 spiro atoms. The zero-order valence-corrected chi connectivity index (χ0v) is 16.2. The summed E-state index contributed by atoms with van der Waals surface area (Å²) in [6.07, 6.45) is 13.4. The van der Waals surface area contributed by atoms with Gasteiger partial charge in [0.2, 0.25) is 0 Å². The van der Waals surface area contributed by atoms with E-state index in [0.29, 0.717) is 5.92 Å². The molecule has 0 amide bonds. The third-order valence-corrected chi connectivity index (χ3v) is 3.84. The molecule has 0 saturated carbocycles. The Morgan fingerprint density at radius 1 is 0.905 bits per heavy atom. The third-order valence-electron chi connectivity index (χ3n) is 3.84. The summed E-state index contributed by atoms with van der Waals surface area (Å²) in [6, 6.07) is 0. The van der Waals surface area contributed by atoms with Gasteiger partial charge in [-0.2, -0.15) is 0 Å². The molecule has 0 aromatic carbocycles. The van der Waals surface area contributed by atoms with Crippen LogP contribution in [0.2, 0.25) is 0 Å². The van der Waals surface area contributed by atoms with Crippen molar-refractivity contribution in [3.63, 3.8) is 0 Å². The third kappa shape index (κ3) is 8.96. The predicted molar refractivity (Wildman–Crippen MR) is 101 cm³/mol. The van der Waals surface area contributed by atoms with Crippen molar-refractivity contribution >= 4 is 0 Å². The Balaban J connectivity index is 0. The lowest BCUT2D eigenvalue weighted by Gasteiger charge is -2.24. The lowest BCUT2D eigenvalue weighted by Crippen LogP contribution is -2.11. The maximum absolute atomic E-state index is 2.51. The standard InChI is InChI=1S/C15H22.3C2H6/c1-11-4-6-14(8-11)10-15-7-5-12(2)13(3)9-15;3*1-2/h4,6,8-9,11-13H,5,7,10H2,1-3H3;3*1-2H3/t11?,12?,13-;;;/m1.../s1. The van der Waals surface area contributed by atoms with Crippen LogP contribution in [0.3, 0.4) is 0 Å². The first kappa shape index (κ1) is 22.5. The van der Waals surface area contributed by atoms with Gasteiger partial charge in [-0.15, -0.1) is 0 Å². The number of hydrogen-bond acceptors (Lipinski definition) is 0. The van der Waals surface area contributed by atoms with Crippen molar-refractivity contribution in [1.82, 2.24) is 0 Å². The molecule has 2 unspecified atom stereocenters. The number of hydrogen-bond donors (Lipinski definition) is 0. The van der Waals surface area contributed by atoms with Gasteiger partial charge in [0.05, 0.1) is 0 Å². The molecule has 0 radical (unpaired) electrons. The molecular weight excluding hydrogens is 252 g/mol. The van der Waals surface area contributed by atoms with Crippen molar-refractivity contribution in [3.8, 4) is 0 Å².